The first-order valence-electron chi connectivity index (χ1n) is 5.78. The van der Waals surface area contributed by atoms with Gasteiger partial charge in [0.15, 0.2) is 11.0 Å². The van der Waals surface area contributed by atoms with Gasteiger partial charge in [-0.05, 0) is 0 Å². The summed E-state index contributed by atoms with van der Waals surface area (Å²) in [5, 5.41) is 10.4. The van der Waals surface area contributed by atoms with Crippen LogP contribution in [0.4, 0.5) is 11.8 Å². The second-order valence-corrected chi connectivity index (χ2v) is 3.81. The smallest absolute Gasteiger partial charge is 0.244 e. The molecule has 0 fully saturated rings. The van der Waals surface area contributed by atoms with Crippen molar-refractivity contribution in [2.75, 3.05) is 57.7 Å². The molecule has 1 rings (SSSR count). The molecule has 0 bridgehead atoms. The van der Waals surface area contributed by atoms with Gasteiger partial charge in [0.1, 0.15) is 0 Å². The molecular formula is C10H18ClN5O3. The summed E-state index contributed by atoms with van der Waals surface area (Å²) in [5.41, 5.74) is 5.49. The summed E-state index contributed by atoms with van der Waals surface area (Å²) in [7, 11) is 1.63. The molecule has 1 aromatic rings. The average Bonchev–Trinajstić information content (AvgIpc) is 2.41. The van der Waals surface area contributed by atoms with Crippen LogP contribution in [0.25, 0.3) is 0 Å². The molecular weight excluding hydrogens is 274 g/mol. The third kappa shape index (κ3) is 7.06. The van der Waals surface area contributed by atoms with Crippen LogP contribution in [-0.2, 0) is 14.2 Å². The van der Waals surface area contributed by atoms with Gasteiger partial charge >= 0.3 is 0 Å². The average molecular weight is 292 g/mol. The summed E-state index contributed by atoms with van der Waals surface area (Å²) in [4.78, 5) is 3.91. The topological polar surface area (TPSA) is 104 Å². The molecule has 0 aromatic carbocycles. The maximum atomic E-state index is 5.60. The Kier molecular flexibility index (Phi) is 8.07. The fourth-order valence-corrected chi connectivity index (χ4v) is 1.18. The van der Waals surface area contributed by atoms with E-state index in [1.54, 1.807) is 7.11 Å². The summed E-state index contributed by atoms with van der Waals surface area (Å²) in [6.07, 6.45) is 0. The van der Waals surface area contributed by atoms with Crippen LogP contribution in [-0.4, -0.2) is 61.9 Å². The number of nitrogen functional groups attached to an aromatic ring is 1. The number of aromatic nitrogens is 3. The van der Waals surface area contributed by atoms with Gasteiger partial charge in [0.25, 0.3) is 0 Å². The number of methoxy groups -OCH3 is 1. The zero-order valence-electron chi connectivity index (χ0n) is 10.8. The van der Waals surface area contributed by atoms with E-state index in [0.717, 1.165) is 0 Å². The SMILES string of the molecule is COCCOCCOCCNc1nnc(Cl)c(N)n1. The highest BCUT2D eigenvalue weighted by molar-refractivity contribution is 6.31. The largest absolute Gasteiger partial charge is 0.382 e. The molecule has 0 aliphatic rings. The van der Waals surface area contributed by atoms with Gasteiger partial charge < -0.3 is 25.3 Å². The Hall–Kier alpha value is -1.22. The standard InChI is InChI=1S/C10H18ClN5O3/c1-17-4-5-19-7-6-18-3-2-13-10-14-9(12)8(11)15-16-10/h2-7H2,1H3,(H3,12,13,14,16). The highest BCUT2D eigenvalue weighted by Gasteiger charge is 2.02. The molecule has 0 radical (unpaired) electrons. The minimum absolute atomic E-state index is 0.0926. The summed E-state index contributed by atoms with van der Waals surface area (Å²) in [6.45, 7) is 3.26. The number of nitrogens with zero attached hydrogens (tertiary/aromatic N) is 3. The van der Waals surface area contributed by atoms with E-state index in [2.05, 4.69) is 20.5 Å². The molecule has 0 spiro atoms. The van der Waals surface area contributed by atoms with Crippen molar-refractivity contribution < 1.29 is 14.2 Å². The second-order valence-electron chi connectivity index (χ2n) is 3.46. The van der Waals surface area contributed by atoms with E-state index >= 15 is 0 Å². The van der Waals surface area contributed by atoms with Crippen LogP contribution < -0.4 is 11.1 Å². The molecule has 8 nitrogen and oxygen atoms in total. The summed E-state index contributed by atoms with van der Waals surface area (Å²) in [5.74, 6) is 0.466. The number of nitrogens with two attached hydrogens (primary N) is 1. The second kappa shape index (κ2) is 9.68. The van der Waals surface area contributed by atoms with Gasteiger partial charge in [0, 0.05) is 13.7 Å². The van der Waals surface area contributed by atoms with Crippen LogP contribution in [0.1, 0.15) is 0 Å². The number of halogens is 1. The molecule has 0 saturated carbocycles. The third-order valence-electron chi connectivity index (χ3n) is 2.00. The molecule has 0 saturated heterocycles. The highest BCUT2D eigenvalue weighted by Crippen LogP contribution is 2.11. The molecule has 0 aliphatic carbocycles. The first-order chi connectivity index (χ1) is 9.24. The molecule has 19 heavy (non-hydrogen) atoms. The molecule has 0 atom stereocenters. The quantitative estimate of drug-likeness (QED) is 0.589. The fraction of sp³-hybridized carbons (Fsp3) is 0.700. The molecule has 0 amide bonds. The van der Waals surface area contributed by atoms with E-state index in [1.165, 1.54) is 0 Å². The normalized spacial score (nSPS) is 10.6. The van der Waals surface area contributed by atoms with Crippen molar-refractivity contribution in [3.8, 4) is 0 Å². The molecule has 1 aromatic heterocycles. The van der Waals surface area contributed by atoms with Gasteiger partial charge in [-0.2, -0.15) is 4.98 Å². The first-order valence-corrected chi connectivity index (χ1v) is 6.16. The van der Waals surface area contributed by atoms with Crippen LogP contribution >= 0.6 is 11.6 Å². The van der Waals surface area contributed by atoms with E-state index in [4.69, 9.17) is 31.5 Å². The lowest BCUT2D eigenvalue weighted by atomic mass is 10.6. The lowest BCUT2D eigenvalue weighted by Gasteiger charge is -2.07. The minimum Gasteiger partial charge on any atom is -0.382 e. The van der Waals surface area contributed by atoms with Crippen molar-refractivity contribution >= 4 is 23.4 Å². The zero-order valence-corrected chi connectivity index (χ0v) is 11.5. The third-order valence-corrected chi connectivity index (χ3v) is 2.27. The van der Waals surface area contributed by atoms with Crippen molar-refractivity contribution in [2.45, 2.75) is 0 Å². The van der Waals surface area contributed by atoms with Crippen molar-refractivity contribution in [2.24, 2.45) is 0 Å². The maximum Gasteiger partial charge on any atom is 0.244 e. The van der Waals surface area contributed by atoms with Gasteiger partial charge in [0.2, 0.25) is 5.95 Å². The molecule has 0 unspecified atom stereocenters. The van der Waals surface area contributed by atoms with Gasteiger partial charge in [-0.25, -0.2) is 0 Å². The van der Waals surface area contributed by atoms with E-state index in [1.807, 2.05) is 0 Å². The van der Waals surface area contributed by atoms with Gasteiger partial charge in [-0.15, -0.1) is 10.2 Å². The van der Waals surface area contributed by atoms with Crippen LogP contribution in [0.2, 0.25) is 5.15 Å². The number of anilines is 2. The minimum atomic E-state index is 0.0926. The van der Waals surface area contributed by atoms with Crippen molar-refractivity contribution in [1.82, 2.24) is 15.2 Å². The number of hydrogen-bond acceptors (Lipinski definition) is 8. The first kappa shape index (κ1) is 15.8. The molecule has 1 heterocycles. The molecule has 9 heteroatoms. The van der Waals surface area contributed by atoms with Crippen LogP contribution in [0, 0.1) is 0 Å². The van der Waals surface area contributed by atoms with E-state index in [-0.39, 0.29) is 11.0 Å². The molecule has 3 N–H and O–H groups in total. The Bertz CT molecular complexity index is 369. The predicted molar refractivity (Wildman–Crippen MR) is 71.3 cm³/mol. The zero-order chi connectivity index (χ0) is 13.9. The lowest BCUT2D eigenvalue weighted by molar-refractivity contribution is 0.0272. The summed E-state index contributed by atoms with van der Waals surface area (Å²) < 4.78 is 15.4. The van der Waals surface area contributed by atoms with Crippen molar-refractivity contribution in [3.05, 3.63) is 5.15 Å². The van der Waals surface area contributed by atoms with E-state index < -0.39 is 0 Å². The Balaban J connectivity index is 2.00. The van der Waals surface area contributed by atoms with Crippen molar-refractivity contribution in [1.29, 1.82) is 0 Å². The Labute approximate surface area is 116 Å². The fourth-order valence-electron chi connectivity index (χ4n) is 1.10. The van der Waals surface area contributed by atoms with E-state index in [9.17, 15) is 0 Å². The Morgan fingerprint density at radius 3 is 2.47 bits per heavy atom. The number of rotatable bonds is 10. The number of nitrogens with one attached hydrogen (secondary N) is 1. The molecule has 108 valence electrons. The van der Waals surface area contributed by atoms with Crippen LogP contribution in [0.3, 0.4) is 0 Å². The van der Waals surface area contributed by atoms with Gasteiger partial charge in [-0.3, -0.25) is 0 Å². The predicted octanol–water partition coefficient (Wildman–Crippen LogP) is 0.199. The van der Waals surface area contributed by atoms with Gasteiger partial charge in [-0.1, -0.05) is 11.6 Å². The Morgan fingerprint density at radius 2 is 1.79 bits per heavy atom. The van der Waals surface area contributed by atoms with Crippen LogP contribution in [0.5, 0.6) is 0 Å². The maximum absolute atomic E-state index is 5.60. The van der Waals surface area contributed by atoms with Crippen LogP contribution in [0.15, 0.2) is 0 Å². The number of ether oxygens (including phenoxy) is 3. The summed E-state index contributed by atoms with van der Waals surface area (Å²) in [6, 6.07) is 0. The monoisotopic (exact) mass is 291 g/mol. The van der Waals surface area contributed by atoms with Crippen molar-refractivity contribution in [3.63, 3.8) is 0 Å². The van der Waals surface area contributed by atoms with Gasteiger partial charge in [0.05, 0.1) is 33.0 Å². The Morgan fingerprint density at radius 1 is 1.11 bits per heavy atom. The number of hydrogen-bond donors (Lipinski definition) is 2. The highest BCUT2D eigenvalue weighted by atomic mass is 35.5. The molecule has 0 aliphatic heterocycles. The lowest BCUT2D eigenvalue weighted by Crippen LogP contribution is -2.15. The summed E-state index contributed by atoms with van der Waals surface area (Å²) >= 11 is 5.60. The van der Waals surface area contributed by atoms with E-state index in [0.29, 0.717) is 45.5 Å².